The predicted molar refractivity (Wildman–Crippen MR) is 99.6 cm³/mol. The first-order chi connectivity index (χ1) is 12.5. The molecule has 0 aliphatic heterocycles. The van der Waals surface area contributed by atoms with Crippen LogP contribution in [0.4, 0.5) is 0 Å². The normalized spacial score (nSPS) is 14.0. The van der Waals surface area contributed by atoms with Crippen molar-refractivity contribution in [3.05, 3.63) is 0 Å². The van der Waals surface area contributed by atoms with Crippen LogP contribution >= 0.6 is 12.6 Å². The third-order valence-electron chi connectivity index (χ3n) is 3.57. The molecule has 0 aromatic carbocycles. The minimum atomic E-state index is -1.34. The minimum absolute atomic E-state index is 0.112. The molecule has 0 radical (unpaired) electrons. The molecule has 0 aromatic rings. The predicted octanol–water partition coefficient (Wildman–Crippen LogP) is -2.66. The number of thiol groups is 1. The first kappa shape index (κ1) is 24.7. The third kappa shape index (κ3) is 9.80. The second kappa shape index (κ2) is 12.1. The number of carboxylic acids is 1. The molecule has 3 atom stereocenters. The number of nitrogens with two attached hydrogens (primary N) is 2. The largest absolute Gasteiger partial charge is 0.480 e. The first-order valence-electron chi connectivity index (χ1n) is 8.24. The lowest BCUT2D eigenvalue weighted by Gasteiger charge is -2.20. The van der Waals surface area contributed by atoms with Crippen LogP contribution in [0.5, 0.6) is 0 Å². The number of carboxylic acid groups (broad SMARTS) is 1. The highest BCUT2D eigenvalue weighted by Gasteiger charge is 2.26. The fraction of sp³-hybridized carbons (Fsp3) is 0.667. The van der Waals surface area contributed by atoms with Gasteiger partial charge in [-0.2, -0.15) is 12.6 Å². The Bertz CT molecular complexity index is 571. The van der Waals surface area contributed by atoms with E-state index in [2.05, 4.69) is 28.6 Å². The molecule has 12 heteroatoms. The molecule has 0 saturated heterocycles. The van der Waals surface area contributed by atoms with Gasteiger partial charge in [0.05, 0.1) is 12.6 Å². The minimum Gasteiger partial charge on any atom is -0.480 e. The van der Waals surface area contributed by atoms with Crippen molar-refractivity contribution < 1.29 is 29.1 Å². The van der Waals surface area contributed by atoms with Crippen LogP contribution in [0.1, 0.15) is 26.7 Å². The maximum atomic E-state index is 12.1. The molecule has 0 spiro atoms. The second-order valence-electron chi connectivity index (χ2n) is 6.19. The fourth-order valence-corrected chi connectivity index (χ4v) is 2.10. The summed E-state index contributed by atoms with van der Waals surface area (Å²) in [4.78, 5) is 57.7. The SMILES string of the molecule is CC(C)C(N)C(=O)NCC(=O)NC(CS)C(=O)NC(CCC(N)=O)C(=O)O. The zero-order chi connectivity index (χ0) is 21.1. The molecule has 11 nitrogen and oxygen atoms in total. The van der Waals surface area contributed by atoms with E-state index in [1.54, 1.807) is 13.8 Å². The lowest BCUT2D eigenvalue weighted by molar-refractivity contribution is -0.142. The zero-order valence-corrected chi connectivity index (χ0v) is 16.1. The molecule has 4 amide bonds. The average Bonchev–Trinajstić information content (AvgIpc) is 2.59. The number of amides is 4. The maximum absolute atomic E-state index is 12.1. The summed E-state index contributed by atoms with van der Waals surface area (Å²) in [6.07, 6.45) is -0.413. The molecule has 0 aliphatic carbocycles. The van der Waals surface area contributed by atoms with Crippen molar-refractivity contribution in [1.82, 2.24) is 16.0 Å². The first-order valence-corrected chi connectivity index (χ1v) is 8.87. The van der Waals surface area contributed by atoms with Gasteiger partial charge >= 0.3 is 5.97 Å². The van der Waals surface area contributed by atoms with Crippen LogP contribution in [-0.2, 0) is 24.0 Å². The van der Waals surface area contributed by atoms with Crippen LogP contribution in [0, 0.1) is 5.92 Å². The van der Waals surface area contributed by atoms with Crippen molar-refractivity contribution in [2.75, 3.05) is 12.3 Å². The van der Waals surface area contributed by atoms with Gasteiger partial charge in [-0.3, -0.25) is 19.2 Å². The van der Waals surface area contributed by atoms with E-state index in [-0.39, 0.29) is 24.5 Å². The summed E-state index contributed by atoms with van der Waals surface area (Å²) in [6, 6.07) is -3.25. The summed E-state index contributed by atoms with van der Waals surface area (Å²) in [5.41, 5.74) is 10.6. The van der Waals surface area contributed by atoms with Gasteiger partial charge in [-0.05, 0) is 12.3 Å². The highest BCUT2D eigenvalue weighted by Crippen LogP contribution is 2.00. The number of rotatable bonds is 12. The summed E-state index contributed by atoms with van der Waals surface area (Å²) in [5.74, 6) is -4.24. The van der Waals surface area contributed by atoms with Gasteiger partial charge in [0.1, 0.15) is 12.1 Å². The molecular weight excluding hydrogens is 378 g/mol. The molecular formula is C15H27N5O6S. The number of primary amides is 1. The standard InChI is InChI=1S/C15H27N5O6S/c1-7(2)12(17)14(24)18-5-11(22)19-9(6-27)13(23)20-8(15(25)26)3-4-10(16)21/h7-9,12,27H,3-6,17H2,1-2H3,(H2,16,21)(H,18,24)(H,19,22)(H,20,23)(H,25,26). The van der Waals surface area contributed by atoms with E-state index >= 15 is 0 Å². The molecule has 0 rings (SSSR count). The molecule has 0 heterocycles. The Balaban J connectivity index is 4.65. The van der Waals surface area contributed by atoms with Gasteiger partial charge in [0, 0.05) is 12.2 Å². The van der Waals surface area contributed by atoms with Gasteiger partial charge in [0.15, 0.2) is 0 Å². The van der Waals surface area contributed by atoms with Gasteiger partial charge in [0.2, 0.25) is 23.6 Å². The third-order valence-corrected chi connectivity index (χ3v) is 3.94. The number of carbonyl (C=O) groups is 5. The molecule has 0 saturated carbocycles. The van der Waals surface area contributed by atoms with E-state index in [1.165, 1.54) is 0 Å². The lowest BCUT2D eigenvalue weighted by Crippen LogP contribution is -2.54. The van der Waals surface area contributed by atoms with Crippen molar-refractivity contribution in [3.8, 4) is 0 Å². The van der Waals surface area contributed by atoms with Crippen molar-refractivity contribution in [1.29, 1.82) is 0 Å². The Morgan fingerprint density at radius 2 is 1.63 bits per heavy atom. The summed E-state index contributed by atoms with van der Waals surface area (Å²) >= 11 is 3.95. The van der Waals surface area contributed by atoms with Crippen LogP contribution in [0.2, 0.25) is 0 Å². The molecule has 8 N–H and O–H groups in total. The summed E-state index contributed by atoms with van der Waals surface area (Å²) in [6.45, 7) is 3.10. The summed E-state index contributed by atoms with van der Waals surface area (Å²) in [7, 11) is 0. The van der Waals surface area contributed by atoms with Crippen molar-refractivity contribution in [2.45, 2.75) is 44.8 Å². The number of aliphatic carboxylic acids is 1. The monoisotopic (exact) mass is 405 g/mol. The Morgan fingerprint density at radius 1 is 1.04 bits per heavy atom. The van der Waals surface area contributed by atoms with E-state index in [4.69, 9.17) is 16.6 Å². The van der Waals surface area contributed by atoms with Crippen LogP contribution in [0.15, 0.2) is 0 Å². The van der Waals surface area contributed by atoms with Crippen molar-refractivity contribution in [3.63, 3.8) is 0 Å². The van der Waals surface area contributed by atoms with Crippen molar-refractivity contribution >= 4 is 42.2 Å². The Hall–Kier alpha value is -2.34. The van der Waals surface area contributed by atoms with Gasteiger partial charge in [-0.25, -0.2) is 4.79 Å². The Labute approximate surface area is 162 Å². The van der Waals surface area contributed by atoms with Crippen LogP contribution in [0.25, 0.3) is 0 Å². The van der Waals surface area contributed by atoms with Gasteiger partial charge in [0.25, 0.3) is 0 Å². The Kier molecular flexibility index (Phi) is 11.1. The smallest absolute Gasteiger partial charge is 0.326 e. The van der Waals surface area contributed by atoms with E-state index in [0.29, 0.717) is 0 Å². The zero-order valence-electron chi connectivity index (χ0n) is 15.2. The highest BCUT2D eigenvalue weighted by atomic mass is 32.1. The van der Waals surface area contributed by atoms with Crippen LogP contribution in [-0.4, -0.2) is 65.1 Å². The van der Waals surface area contributed by atoms with Crippen molar-refractivity contribution in [2.24, 2.45) is 17.4 Å². The fourth-order valence-electron chi connectivity index (χ4n) is 1.84. The highest BCUT2D eigenvalue weighted by molar-refractivity contribution is 7.80. The topological polar surface area (TPSA) is 194 Å². The average molecular weight is 405 g/mol. The maximum Gasteiger partial charge on any atom is 0.326 e. The molecule has 0 fully saturated rings. The molecule has 0 aromatic heterocycles. The number of carbonyl (C=O) groups excluding carboxylic acids is 4. The van der Waals surface area contributed by atoms with E-state index in [1.807, 2.05) is 0 Å². The molecule has 3 unspecified atom stereocenters. The number of hydrogen-bond donors (Lipinski definition) is 7. The van der Waals surface area contributed by atoms with Gasteiger partial charge in [-0.15, -0.1) is 0 Å². The quantitative estimate of drug-likeness (QED) is 0.172. The van der Waals surface area contributed by atoms with E-state index in [0.717, 1.165) is 0 Å². The second-order valence-corrected chi connectivity index (χ2v) is 6.56. The van der Waals surface area contributed by atoms with Crippen LogP contribution in [0.3, 0.4) is 0 Å². The molecule has 27 heavy (non-hydrogen) atoms. The lowest BCUT2D eigenvalue weighted by atomic mass is 10.1. The van der Waals surface area contributed by atoms with Gasteiger partial charge in [-0.1, -0.05) is 13.8 Å². The van der Waals surface area contributed by atoms with Crippen LogP contribution < -0.4 is 27.4 Å². The summed E-state index contributed by atoms with van der Waals surface area (Å²) < 4.78 is 0. The number of hydrogen-bond acceptors (Lipinski definition) is 7. The Morgan fingerprint density at radius 3 is 2.07 bits per heavy atom. The molecule has 0 aliphatic rings. The summed E-state index contributed by atoms with van der Waals surface area (Å²) in [5, 5.41) is 16.0. The van der Waals surface area contributed by atoms with Gasteiger partial charge < -0.3 is 32.5 Å². The van der Waals surface area contributed by atoms with E-state index in [9.17, 15) is 24.0 Å². The number of nitrogens with one attached hydrogen (secondary N) is 3. The molecule has 0 bridgehead atoms. The molecule has 154 valence electrons. The van der Waals surface area contributed by atoms with E-state index < -0.39 is 54.3 Å².